The number of alkyl carbamates (subject to hydrolysis) is 1. The summed E-state index contributed by atoms with van der Waals surface area (Å²) in [5.41, 5.74) is 2.99. The molecule has 0 spiro atoms. The van der Waals surface area contributed by atoms with Crippen molar-refractivity contribution < 1.29 is 9.53 Å². The molecule has 0 fully saturated rings. The fourth-order valence-electron chi connectivity index (χ4n) is 2.02. The third-order valence-electron chi connectivity index (χ3n) is 2.85. The Labute approximate surface area is 121 Å². The van der Waals surface area contributed by atoms with Crippen LogP contribution in [0.1, 0.15) is 44.4 Å². The van der Waals surface area contributed by atoms with Crippen molar-refractivity contribution in [1.29, 1.82) is 5.41 Å². The summed E-state index contributed by atoms with van der Waals surface area (Å²) in [5, 5.41) is 10.8. The quantitative estimate of drug-likeness (QED) is 0.827. The molecular formula is C16H24N2O2. The van der Waals surface area contributed by atoms with Crippen molar-refractivity contribution in [2.45, 2.75) is 46.6 Å². The summed E-state index contributed by atoms with van der Waals surface area (Å²) in [4.78, 5) is 11.6. The highest BCUT2D eigenvalue weighted by molar-refractivity contribution is 6.03. The summed E-state index contributed by atoms with van der Waals surface area (Å²) in [6.07, 6.45) is 0.375. The zero-order valence-corrected chi connectivity index (χ0v) is 13.0. The molecule has 1 aromatic carbocycles. The molecule has 4 nitrogen and oxygen atoms in total. The molecule has 0 heterocycles. The van der Waals surface area contributed by atoms with Gasteiger partial charge >= 0.3 is 6.09 Å². The summed E-state index contributed by atoms with van der Waals surface area (Å²) in [6, 6.07) is 5.99. The Balaban J connectivity index is 2.71. The number of ether oxygens (including phenoxy) is 1. The summed E-state index contributed by atoms with van der Waals surface area (Å²) < 4.78 is 5.16. The van der Waals surface area contributed by atoms with Crippen LogP contribution in [0.4, 0.5) is 4.79 Å². The molecule has 4 heteroatoms. The zero-order chi connectivity index (χ0) is 15.3. The van der Waals surface area contributed by atoms with Gasteiger partial charge < -0.3 is 15.5 Å². The van der Waals surface area contributed by atoms with E-state index in [0.29, 0.717) is 5.71 Å². The first kappa shape index (κ1) is 16.2. The van der Waals surface area contributed by atoms with Gasteiger partial charge in [0.1, 0.15) is 5.60 Å². The number of aryl methyl sites for hydroxylation is 2. The third kappa shape index (κ3) is 4.68. The monoisotopic (exact) mass is 276 g/mol. The Kier molecular flexibility index (Phi) is 5.31. The van der Waals surface area contributed by atoms with Crippen molar-refractivity contribution in [1.82, 2.24) is 5.32 Å². The number of carbonyl (C=O) groups excluding carboxylic acids is 1. The maximum absolute atomic E-state index is 11.6. The predicted octanol–water partition coefficient (Wildman–Crippen LogP) is 3.45. The second-order valence-corrected chi connectivity index (χ2v) is 5.80. The van der Waals surface area contributed by atoms with Gasteiger partial charge in [0.2, 0.25) is 0 Å². The first-order valence-electron chi connectivity index (χ1n) is 6.87. The smallest absolute Gasteiger partial charge is 0.407 e. The number of carbonyl (C=O) groups is 1. The van der Waals surface area contributed by atoms with Crippen molar-refractivity contribution >= 4 is 11.8 Å². The minimum atomic E-state index is -0.524. The van der Waals surface area contributed by atoms with Crippen molar-refractivity contribution in [3.05, 3.63) is 34.9 Å². The lowest BCUT2D eigenvalue weighted by molar-refractivity contribution is 0.0536. The minimum absolute atomic E-state index is 0.173. The van der Waals surface area contributed by atoms with Crippen molar-refractivity contribution in [3.63, 3.8) is 0 Å². The van der Waals surface area contributed by atoms with E-state index in [2.05, 4.69) is 12.2 Å². The highest BCUT2D eigenvalue weighted by atomic mass is 16.6. The maximum Gasteiger partial charge on any atom is 0.407 e. The van der Waals surface area contributed by atoms with Crippen LogP contribution >= 0.6 is 0 Å². The van der Waals surface area contributed by atoms with E-state index in [-0.39, 0.29) is 6.54 Å². The topological polar surface area (TPSA) is 62.2 Å². The standard InChI is InChI=1S/C16H24N2O2/c1-6-12-9-7-8-11(2)14(12)13(17)10-18-15(19)20-16(3,4)5/h7-9,17H,6,10H2,1-5H3,(H,18,19). The van der Waals surface area contributed by atoms with E-state index >= 15 is 0 Å². The normalized spacial score (nSPS) is 11.1. The molecule has 0 bridgehead atoms. The van der Waals surface area contributed by atoms with Gasteiger partial charge in [-0.3, -0.25) is 0 Å². The molecule has 0 atom stereocenters. The van der Waals surface area contributed by atoms with Gasteiger partial charge in [0.15, 0.2) is 0 Å². The van der Waals surface area contributed by atoms with Crippen LogP contribution in [-0.4, -0.2) is 24.0 Å². The van der Waals surface area contributed by atoms with E-state index < -0.39 is 11.7 Å². The second kappa shape index (κ2) is 6.55. The van der Waals surface area contributed by atoms with Gasteiger partial charge in [-0.1, -0.05) is 25.1 Å². The first-order chi connectivity index (χ1) is 9.24. The highest BCUT2D eigenvalue weighted by Crippen LogP contribution is 2.15. The largest absolute Gasteiger partial charge is 0.444 e. The van der Waals surface area contributed by atoms with E-state index in [1.807, 2.05) is 45.9 Å². The molecule has 1 aromatic rings. The Hall–Kier alpha value is -1.84. The highest BCUT2D eigenvalue weighted by Gasteiger charge is 2.17. The van der Waals surface area contributed by atoms with E-state index in [0.717, 1.165) is 23.1 Å². The number of benzene rings is 1. The lowest BCUT2D eigenvalue weighted by Crippen LogP contribution is -2.35. The van der Waals surface area contributed by atoms with Crippen LogP contribution in [0.5, 0.6) is 0 Å². The Morgan fingerprint density at radius 2 is 2.00 bits per heavy atom. The molecule has 20 heavy (non-hydrogen) atoms. The Morgan fingerprint density at radius 1 is 1.35 bits per heavy atom. The molecule has 0 unspecified atom stereocenters. The predicted molar refractivity (Wildman–Crippen MR) is 81.6 cm³/mol. The number of hydrogen-bond acceptors (Lipinski definition) is 3. The van der Waals surface area contributed by atoms with Crippen LogP contribution in [0.25, 0.3) is 0 Å². The number of nitrogens with one attached hydrogen (secondary N) is 2. The molecule has 0 aromatic heterocycles. The van der Waals surface area contributed by atoms with Crippen molar-refractivity contribution in [3.8, 4) is 0 Å². The SMILES string of the molecule is CCc1cccc(C)c1C(=N)CNC(=O)OC(C)(C)C. The lowest BCUT2D eigenvalue weighted by atomic mass is 9.96. The Morgan fingerprint density at radius 3 is 2.55 bits per heavy atom. The molecule has 0 saturated heterocycles. The third-order valence-corrected chi connectivity index (χ3v) is 2.85. The van der Waals surface area contributed by atoms with Crippen LogP contribution in [0, 0.1) is 12.3 Å². The first-order valence-corrected chi connectivity index (χ1v) is 6.87. The van der Waals surface area contributed by atoms with Crippen LogP contribution in [0.15, 0.2) is 18.2 Å². The Bertz CT molecular complexity index is 502. The van der Waals surface area contributed by atoms with E-state index in [4.69, 9.17) is 10.1 Å². The number of hydrogen-bond donors (Lipinski definition) is 2. The van der Waals surface area contributed by atoms with Crippen molar-refractivity contribution in [2.75, 3.05) is 6.54 Å². The molecule has 2 N–H and O–H groups in total. The van der Waals surface area contributed by atoms with Crippen LogP contribution in [0.2, 0.25) is 0 Å². The summed E-state index contributed by atoms with van der Waals surface area (Å²) in [7, 11) is 0. The van der Waals surface area contributed by atoms with E-state index in [9.17, 15) is 4.79 Å². The average Bonchev–Trinajstić information content (AvgIpc) is 2.33. The van der Waals surface area contributed by atoms with Gasteiger partial charge in [-0.15, -0.1) is 0 Å². The summed E-state index contributed by atoms with van der Waals surface area (Å²) >= 11 is 0. The summed E-state index contributed by atoms with van der Waals surface area (Å²) in [5.74, 6) is 0. The minimum Gasteiger partial charge on any atom is -0.444 e. The molecule has 0 radical (unpaired) electrons. The second-order valence-electron chi connectivity index (χ2n) is 5.80. The number of rotatable bonds is 4. The molecular weight excluding hydrogens is 252 g/mol. The van der Waals surface area contributed by atoms with Crippen LogP contribution in [-0.2, 0) is 11.2 Å². The van der Waals surface area contributed by atoms with E-state index in [1.54, 1.807) is 0 Å². The molecule has 0 aliphatic heterocycles. The van der Waals surface area contributed by atoms with Gasteiger partial charge in [-0.25, -0.2) is 4.79 Å². The maximum atomic E-state index is 11.6. The van der Waals surface area contributed by atoms with Gasteiger partial charge in [0.25, 0.3) is 0 Å². The molecule has 1 rings (SSSR count). The fraction of sp³-hybridized carbons (Fsp3) is 0.500. The van der Waals surface area contributed by atoms with Crippen molar-refractivity contribution in [2.24, 2.45) is 0 Å². The van der Waals surface area contributed by atoms with Crippen LogP contribution < -0.4 is 5.32 Å². The molecule has 1 amide bonds. The van der Waals surface area contributed by atoms with Gasteiger partial charge in [-0.05, 0) is 45.2 Å². The molecule has 110 valence electrons. The zero-order valence-electron chi connectivity index (χ0n) is 13.0. The van der Waals surface area contributed by atoms with E-state index in [1.165, 1.54) is 0 Å². The fourth-order valence-corrected chi connectivity index (χ4v) is 2.02. The molecule has 0 saturated carbocycles. The van der Waals surface area contributed by atoms with Gasteiger partial charge in [0.05, 0.1) is 12.3 Å². The molecule has 0 aliphatic carbocycles. The lowest BCUT2D eigenvalue weighted by Gasteiger charge is -2.20. The average molecular weight is 276 g/mol. The van der Waals surface area contributed by atoms with Gasteiger partial charge in [-0.2, -0.15) is 0 Å². The van der Waals surface area contributed by atoms with Gasteiger partial charge in [0, 0.05) is 5.56 Å². The van der Waals surface area contributed by atoms with Crippen LogP contribution in [0.3, 0.4) is 0 Å². The summed E-state index contributed by atoms with van der Waals surface area (Å²) in [6.45, 7) is 9.66. The molecule has 0 aliphatic rings. The number of amides is 1.